The standard InChI is InChI=1S/C15H19ClN2/c16-8-2-1-3-9-17-12-13-6-7-15-14(11-13)5-4-10-18-15/h4-7,10-11,17H,1-3,8-9,12H2. The van der Waals surface area contributed by atoms with E-state index in [0.29, 0.717) is 0 Å². The molecule has 3 heteroatoms. The number of hydrogen-bond acceptors (Lipinski definition) is 2. The average molecular weight is 263 g/mol. The van der Waals surface area contributed by atoms with E-state index in [1.165, 1.54) is 23.8 Å². The average Bonchev–Trinajstić information content (AvgIpc) is 2.42. The van der Waals surface area contributed by atoms with Crippen molar-refractivity contribution in [1.82, 2.24) is 10.3 Å². The summed E-state index contributed by atoms with van der Waals surface area (Å²) in [5.41, 5.74) is 2.37. The predicted molar refractivity (Wildman–Crippen MR) is 78.0 cm³/mol. The molecule has 2 rings (SSSR count). The Kier molecular flexibility index (Phi) is 5.43. The Labute approximate surface area is 113 Å². The molecule has 0 unspecified atom stereocenters. The van der Waals surface area contributed by atoms with Gasteiger partial charge < -0.3 is 5.32 Å². The van der Waals surface area contributed by atoms with Gasteiger partial charge >= 0.3 is 0 Å². The molecule has 1 heterocycles. The largest absolute Gasteiger partial charge is 0.313 e. The predicted octanol–water partition coefficient (Wildman–Crippen LogP) is 3.73. The molecule has 0 saturated heterocycles. The molecule has 0 saturated carbocycles. The summed E-state index contributed by atoms with van der Waals surface area (Å²) in [7, 11) is 0. The highest BCUT2D eigenvalue weighted by molar-refractivity contribution is 6.17. The van der Waals surface area contributed by atoms with E-state index < -0.39 is 0 Å². The number of nitrogens with one attached hydrogen (secondary N) is 1. The zero-order chi connectivity index (χ0) is 12.6. The molecular weight excluding hydrogens is 244 g/mol. The highest BCUT2D eigenvalue weighted by atomic mass is 35.5. The second kappa shape index (κ2) is 7.34. The summed E-state index contributed by atoms with van der Waals surface area (Å²) in [6, 6.07) is 10.5. The third-order valence-electron chi connectivity index (χ3n) is 2.98. The smallest absolute Gasteiger partial charge is 0.0702 e. The highest BCUT2D eigenvalue weighted by Crippen LogP contribution is 2.13. The monoisotopic (exact) mass is 262 g/mol. The van der Waals surface area contributed by atoms with Gasteiger partial charge in [-0.05, 0) is 43.1 Å². The van der Waals surface area contributed by atoms with Gasteiger partial charge in [-0.15, -0.1) is 11.6 Å². The molecule has 2 aromatic rings. The lowest BCUT2D eigenvalue weighted by Crippen LogP contribution is -2.14. The minimum absolute atomic E-state index is 0.775. The van der Waals surface area contributed by atoms with Crippen LogP contribution in [-0.4, -0.2) is 17.4 Å². The molecule has 1 aromatic carbocycles. The first-order valence-corrected chi connectivity index (χ1v) is 7.04. The van der Waals surface area contributed by atoms with E-state index in [1.807, 2.05) is 12.3 Å². The lowest BCUT2D eigenvalue weighted by molar-refractivity contribution is 0.618. The van der Waals surface area contributed by atoms with E-state index in [2.05, 4.69) is 34.6 Å². The normalized spacial score (nSPS) is 10.9. The van der Waals surface area contributed by atoms with Crippen LogP contribution in [0.1, 0.15) is 24.8 Å². The van der Waals surface area contributed by atoms with Crippen molar-refractivity contribution in [2.75, 3.05) is 12.4 Å². The van der Waals surface area contributed by atoms with Gasteiger partial charge in [-0.1, -0.05) is 18.6 Å². The van der Waals surface area contributed by atoms with Gasteiger partial charge in [0, 0.05) is 24.0 Å². The molecule has 2 nitrogen and oxygen atoms in total. The van der Waals surface area contributed by atoms with Crippen LogP contribution in [0, 0.1) is 0 Å². The summed E-state index contributed by atoms with van der Waals surface area (Å²) < 4.78 is 0. The maximum Gasteiger partial charge on any atom is 0.0702 e. The lowest BCUT2D eigenvalue weighted by atomic mass is 10.1. The summed E-state index contributed by atoms with van der Waals surface area (Å²) in [5.74, 6) is 0.775. The minimum atomic E-state index is 0.775. The van der Waals surface area contributed by atoms with Crippen molar-refractivity contribution < 1.29 is 0 Å². The van der Waals surface area contributed by atoms with Gasteiger partial charge in [0.25, 0.3) is 0 Å². The molecule has 18 heavy (non-hydrogen) atoms. The van der Waals surface area contributed by atoms with E-state index in [9.17, 15) is 0 Å². The van der Waals surface area contributed by atoms with Crippen molar-refractivity contribution in [2.45, 2.75) is 25.8 Å². The third kappa shape index (κ3) is 3.97. The molecule has 0 spiro atoms. The molecule has 1 aromatic heterocycles. The van der Waals surface area contributed by atoms with E-state index in [1.54, 1.807) is 0 Å². The number of pyridine rings is 1. The van der Waals surface area contributed by atoms with E-state index in [4.69, 9.17) is 11.6 Å². The Morgan fingerprint density at radius 2 is 2.06 bits per heavy atom. The van der Waals surface area contributed by atoms with Crippen LogP contribution in [0.3, 0.4) is 0 Å². The topological polar surface area (TPSA) is 24.9 Å². The molecule has 0 radical (unpaired) electrons. The van der Waals surface area contributed by atoms with Crippen LogP contribution in [0.2, 0.25) is 0 Å². The quantitative estimate of drug-likeness (QED) is 0.607. The first-order chi connectivity index (χ1) is 8.90. The summed E-state index contributed by atoms with van der Waals surface area (Å²) >= 11 is 5.64. The van der Waals surface area contributed by atoms with Gasteiger partial charge in [-0.2, -0.15) is 0 Å². The highest BCUT2D eigenvalue weighted by Gasteiger charge is 1.96. The SMILES string of the molecule is ClCCCCCNCc1ccc2ncccc2c1. The number of alkyl halides is 1. The fraction of sp³-hybridized carbons (Fsp3) is 0.400. The van der Waals surface area contributed by atoms with Gasteiger partial charge in [0.1, 0.15) is 0 Å². The molecule has 0 fully saturated rings. The fourth-order valence-corrected chi connectivity index (χ4v) is 2.18. The summed E-state index contributed by atoms with van der Waals surface area (Å²) in [5, 5.41) is 4.67. The first-order valence-electron chi connectivity index (χ1n) is 6.50. The number of unbranched alkanes of at least 4 members (excludes halogenated alkanes) is 2. The Bertz CT molecular complexity index is 485. The van der Waals surface area contributed by atoms with Crippen LogP contribution in [0.25, 0.3) is 10.9 Å². The van der Waals surface area contributed by atoms with Gasteiger partial charge in [-0.3, -0.25) is 4.98 Å². The number of rotatable bonds is 7. The first kappa shape index (κ1) is 13.3. The van der Waals surface area contributed by atoms with Crippen LogP contribution >= 0.6 is 11.6 Å². The van der Waals surface area contributed by atoms with Gasteiger partial charge in [0.2, 0.25) is 0 Å². The van der Waals surface area contributed by atoms with Crippen LogP contribution in [-0.2, 0) is 6.54 Å². The minimum Gasteiger partial charge on any atom is -0.313 e. The Balaban J connectivity index is 1.81. The molecule has 96 valence electrons. The number of fused-ring (bicyclic) bond motifs is 1. The van der Waals surface area contributed by atoms with Gasteiger partial charge in [0.05, 0.1) is 5.52 Å². The van der Waals surface area contributed by atoms with Crippen molar-refractivity contribution >= 4 is 22.5 Å². The van der Waals surface area contributed by atoms with Crippen LogP contribution < -0.4 is 5.32 Å². The third-order valence-corrected chi connectivity index (χ3v) is 3.25. The molecule has 0 bridgehead atoms. The fourth-order valence-electron chi connectivity index (χ4n) is 1.99. The van der Waals surface area contributed by atoms with Crippen molar-refractivity contribution in [2.24, 2.45) is 0 Å². The summed E-state index contributed by atoms with van der Waals surface area (Å²) in [6.45, 7) is 1.98. The zero-order valence-corrected chi connectivity index (χ0v) is 11.3. The number of aromatic nitrogens is 1. The van der Waals surface area contributed by atoms with Crippen LogP contribution in [0.4, 0.5) is 0 Å². The van der Waals surface area contributed by atoms with Crippen molar-refractivity contribution in [3.63, 3.8) is 0 Å². The van der Waals surface area contributed by atoms with E-state index >= 15 is 0 Å². The van der Waals surface area contributed by atoms with Crippen molar-refractivity contribution in [3.05, 3.63) is 42.1 Å². The molecular formula is C15H19ClN2. The second-order valence-electron chi connectivity index (χ2n) is 4.46. The van der Waals surface area contributed by atoms with E-state index in [0.717, 1.165) is 30.9 Å². The summed E-state index contributed by atoms with van der Waals surface area (Å²) in [4.78, 5) is 4.32. The lowest BCUT2D eigenvalue weighted by Gasteiger charge is -2.05. The van der Waals surface area contributed by atoms with E-state index in [-0.39, 0.29) is 0 Å². The van der Waals surface area contributed by atoms with Crippen molar-refractivity contribution in [3.8, 4) is 0 Å². The number of nitrogens with zero attached hydrogens (tertiary/aromatic N) is 1. The molecule has 0 aliphatic carbocycles. The second-order valence-corrected chi connectivity index (χ2v) is 4.83. The Morgan fingerprint density at radius 3 is 2.94 bits per heavy atom. The molecule has 0 atom stereocenters. The molecule has 0 aliphatic heterocycles. The zero-order valence-electron chi connectivity index (χ0n) is 10.5. The Morgan fingerprint density at radius 1 is 1.11 bits per heavy atom. The van der Waals surface area contributed by atoms with Gasteiger partial charge in [0.15, 0.2) is 0 Å². The molecule has 0 amide bonds. The Hall–Kier alpha value is -1.12. The number of hydrogen-bond donors (Lipinski definition) is 1. The van der Waals surface area contributed by atoms with Crippen LogP contribution in [0.15, 0.2) is 36.5 Å². The number of halogens is 1. The van der Waals surface area contributed by atoms with Crippen molar-refractivity contribution in [1.29, 1.82) is 0 Å². The summed E-state index contributed by atoms with van der Waals surface area (Å²) in [6.07, 6.45) is 5.35. The maximum absolute atomic E-state index is 5.64. The maximum atomic E-state index is 5.64. The number of benzene rings is 1. The molecule has 1 N–H and O–H groups in total. The molecule has 0 aliphatic rings. The van der Waals surface area contributed by atoms with Crippen LogP contribution in [0.5, 0.6) is 0 Å². The van der Waals surface area contributed by atoms with Gasteiger partial charge in [-0.25, -0.2) is 0 Å².